The van der Waals surface area contributed by atoms with Crippen LogP contribution in [0.1, 0.15) is 30.9 Å². The molecule has 1 aromatic heterocycles. The second kappa shape index (κ2) is 9.73. The van der Waals surface area contributed by atoms with Crippen LogP contribution in [0.2, 0.25) is 0 Å². The molecule has 1 amide bonds. The first kappa shape index (κ1) is 22.3. The smallest absolute Gasteiger partial charge is 0.235 e. The summed E-state index contributed by atoms with van der Waals surface area (Å²) < 4.78 is 15.5. The van der Waals surface area contributed by atoms with Crippen LogP contribution in [-0.4, -0.2) is 51.0 Å². The predicted octanol–water partition coefficient (Wildman–Crippen LogP) is 4.45. The van der Waals surface area contributed by atoms with Gasteiger partial charge in [0.2, 0.25) is 11.9 Å². The van der Waals surface area contributed by atoms with E-state index in [0.29, 0.717) is 11.7 Å². The summed E-state index contributed by atoms with van der Waals surface area (Å²) in [5, 5.41) is 9.26. The lowest BCUT2D eigenvalue weighted by Crippen LogP contribution is -2.33. The zero-order chi connectivity index (χ0) is 22.7. The van der Waals surface area contributed by atoms with E-state index in [1.54, 1.807) is 18.0 Å². The first-order valence-corrected chi connectivity index (χ1v) is 11.7. The number of rotatable bonds is 7. The van der Waals surface area contributed by atoms with Crippen molar-refractivity contribution in [2.24, 2.45) is 0 Å². The summed E-state index contributed by atoms with van der Waals surface area (Å²) in [6.45, 7) is 6.20. The molecule has 1 saturated heterocycles. The maximum absolute atomic E-state index is 13.5. The SMILES string of the molecule is Cc1ccc(-n2c(SC(C)C(=O)N(C)Cc3cccc(F)c3)nnc2N2CCCC2)cc1. The van der Waals surface area contributed by atoms with Crippen LogP contribution in [0, 0.1) is 12.7 Å². The number of hydrogen-bond donors (Lipinski definition) is 0. The molecule has 0 aliphatic carbocycles. The molecule has 1 atom stereocenters. The molecule has 2 aromatic carbocycles. The molecular weight excluding hydrogens is 425 g/mol. The number of carbonyl (C=O) groups is 1. The predicted molar refractivity (Wildman–Crippen MR) is 126 cm³/mol. The van der Waals surface area contributed by atoms with Crippen LogP contribution in [0.3, 0.4) is 0 Å². The number of aromatic nitrogens is 3. The second-order valence-electron chi connectivity index (χ2n) is 8.23. The third kappa shape index (κ3) is 4.96. The monoisotopic (exact) mass is 453 g/mol. The first-order chi connectivity index (χ1) is 15.4. The summed E-state index contributed by atoms with van der Waals surface area (Å²) >= 11 is 1.40. The van der Waals surface area contributed by atoms with Crippen molar-refractivity contribution in [3.05, 3.63) is 65.5 Å². The van der Waals surface area contributed by atoms with E-state index >= 15 is 0 Å². The number of hydrogen-bond acceptors (Lipinski definition) is 5. The standard InChI is InChI=1S/C24H28FN5OS/c1-17-9-11-21(12-10-17)30-23(29-13-4-5-14-29)26-27-24(30)32-18(2)22(31)28(3)16-19-7-6-8-20(25)15-19/h6-12,15,18H,4-5,13-14,16H2,1-3H3. The highest BCUT2D eigenvalue weighted by atomic mass is 32.2. The van der Waals surface area contributed by atoms with Crippen molar-refractivity contribution in [1.29, 1.82) is 0 Å². The van der Waals surface area contributed by atoms with E-state index in [4.69, 9.17) is 0 Å². The minimum absolute atomic E-state index is 0.0413. The topological polar surface area (TPSA) is 54.3 Å². The number of anilines is 1. The van der Waals surface area contributed by atoms with Gasteiger partial charge in [-0.3, -0.25) is 9.36 Å². The molecule has 0 spiro atoms. The largest absolute Gasteiger partial charge is 0.341 e. The highest BCUT2D eigenvalue weighted by Crippen LogP contribution is 2.31. The van der Waals surface area contributed by atoms with Crippen molar-refractivity contribution >= 4 is 23.6 Å². The van der Waals surface area contributed by atoms with Gasteiger partial charge in [-0.05, 0) is 56.5 Å². The van der Waals surface area contributed by atoms with Crippen LogP contribution in [-0.2, 0) is 11.3 Å². The van der Waals surface area contributed by atoms with Gasteiger partial charge >= 0.3 is 0 Å². The molecule has 0 saturated carbocycles. The molecule has 0 N–H and O–H groups in total. The molecule has 8 heteroatoms. The Morgan fingerprint density at radius 2 is 1.88 bits per heavy atom. The van der Waals surface area contributed by atoms with Gasteiger partial charge in [0.25, 0.3) is 0 Å². The van der Waals surface area contributed by atoms with Crippen LogP contribution < -0.4 is 4.90 Å². The van der Waals surface area contributed by atoms with Gasteiger partial charge in [-0.15, -0.1) is 10.2 Å². The molecule has 1 unspecified atom stereocenters. The number of halogens is 1. The van der Waals surface area contributed by atoms with Gasteiger partial charge in [-0.1, -0.05) is 41.6 Å². The number of aryl methyl sites for hydroxylation is 1. The Morgan fingerprint density at radius 1 is 1.16 bits per heavy atom. The third-order valence-corrected chi connectivity index (χ3v) is 6.64. The van der Waals surface area contributed by atoms with E-state index in [2.05, 4.69) is 46.3 Å². The number of thioether (sulfide) groups is 1. The number of carbonyl (C=O) groups excluding carboxylic acids is 1. The summed E-state index contributed by atoms with van der Waals surface area (Å²) in [6, 6.07) is 14.6. The molecular formula is C24H28FN5OS. The second-order valence-corrected chi connectivity index (χ2v) is 9.54. The van der Waals surface area contributed by atoms with Gasteiger partial charge in [0, 0.05) is 26.7 Å². The van der Waals surface area contributed by atoms with E-state index in [-0.39, 0.29) is 17.0 Å². The van der Waals surface area contributed by atoms with E-state index in [1.807, 2.05) is 17.6 Å². The van der Waals surface area contributed by atoms with Crippen LogP contribution in [0.5, 0.6) is 0 Å². The van der Waals surface area contributed by atoms with Gasteiger partial charge in [0.15, 0.2) is 5.16 Å². The Labute approximate surface area is 192 Å². The van der Waals surface area contributed by atoms with Gasteiger partial charge in [-0.25, -0.2) is 4.39 Å². The molecule has 3 aromatic rings. The lowest BCUT2D eigenvalue weighted by Gasteiger charge is -2.22. The van der Waals surface area contributed by atoms with Gasteiger partial charge in [0.1, 0.15) is 5.82 Å². The maximum atomic E-state index is 13.5. The Hall–Kier alpha value is -2.87. The maximum Gasteiger partial charge on any atom is 0.235 e. The van der Waals surface area contributed by atoms with Crippen molar-refractivity contribution in [2.75, 3.05) is 25.0 Å². The Morgan fingerprint density at radius 3 is 2.56 bits per heavy atom. The van der Waals surface area contributed by atoms with E-state index in [9.17, 15) is 9.18 Å². The van der Waals surface area contributed by atoms with Crippen LogP contribution in [0.25, 0.3) is 5.69 Å². The van der Waals surface area contributed by atoms with Crippen LogP contribution in [0.15, 0.2) is 53.7 Å². The third-order valence-electron chi connectivity index (χ3n) is 5.61. The molecule has 6 nitrogen and oxygen atoms in total. The van der Waals surface area contributed by atoms with Crippen molar-refractivity contribution in [1.82, 2.24) is 19.7 Å². The summed E-state index contributed by atoms with van der Waals surface area (Å²) in [6.07, 6.45) is 2.28. The molecule has 0 radical (unpaired) electrons. The zero-order valence-electron chi connectivity index (χ0n) is 18.7. The van der Waals surface area contributed by atoms with Gasteiger partial charge < -0.3 is 9.80 Å². The number of benzene rings is 2. The Bertz CT molecular complexity index is 1080. The summed E-state index contributed by atoms with van der Waals surface area (Å²) in [5.41, 5.74) is 2.93. The lowest BCUT2D eigenvalue weighted by atomic mass is 10.2. The molecule has 1 fully saturated rings. The van der Waals surface area contributed by atoms with Crippen molar-refractivity contribution in [2.45, 2.75) is 43.6 Å². The van der Waals surface area contributed by atoms with Gasteiger partial charge in [0.05, 0.1) is 10.9 Å². The normalized spacial score (nSPS) is 14.6. The quantitative estimate of drug-likeness (QED) is 0.495. The summed E-state index contributed by atoms with van der Waals surface area (Å²) in [4.78, 5) is 16.9. The number of nitrogens with zero attached hydrogens (tertiary/aromatic N) is 5. The molecule has 1 aliphatic rings. The van der Waals surface area contributed by atoms with E-state index in [0.717, 1.165) is 43.1 Å². The highest BCUT2D eigenvalue weighted by molar-refractivity contribution is 8.00. The highest BCUT2D eigenvalue weighted by Gasteiger charge is 2.26. The fourth-order valence-corrected chi connectivity index (χ4v) is 4.86. The fourth-order valence-electron chi connectivity index (χ4n) is 3.89. The van der Waals surface area contributed by atoms with Crippen molar-refractivity contribution < 1.29 is 9.18 Å². The number of amides is 1. The molecule has 168 valence electrons. The summed E-state index contributed by atoms with van der Waals surface area (Å²) in [5.74, 6) is 0.480. The average Bonchev–Trinajstić information content (AvgIpc) is 3.44. The van der Waals surface area contributed by atoms with Crippen LogP contribution >= 0.6 is 11.8 Å². The van der Waals surface area contributed by atoms with Crippen LogP contribution in [0.4, 0.5) is 10.3 Å². The molecule has 2 heterocycles. The zero-order valence-corrected chi connectivity index (χ0v) is 19.5. The lowest BCUT2D eigenvalue weighted by molar-refractivity contribution is -0.129. The summed E-state index contributed by atoms with van der Waals surface area (Å²) in [7, 11) is 1.74. The average molecular weight is 454 g/mol. The van der Waals surface area contributed by atoms with Crippen molar-refractivity contribution in [3.63, 3.8) is 0 Å². The minimum Gasteiger partial charge on any atom is -0.341 e. The van der Waals surface area contributed by atoms with Gasteiger partial charge in [-0.2, -0.15) is 0 Å². The Balaban J connectivity index is 1.55. The molecule has 4 rings (SSSR count). The van der Waals surface area contributed by atoms with E-state index < -0.39 is 0 Å². The first-order valence-electron chi connectivity index (χ1n) is 10.9. The van der Waals surface area contributed by atoms with Crippen molar-refractivity contribution in [3.8, 4) is 5.69 Å². The molecule has 0 bridgehead atoms. The Kier molecular flexibility index (Phi) is 6.79. The fraction of sp³-hybridized carbons (Fsp3) is 0.375. The minimum atomic E-state index is -0.367. The molecule has 1 aliphatic heterocycles. The molecule has 32 heavy (non-hydrogen) atoms. The van der Waals surface area contributed by atoms with E-state index in [1.165, 1.54) is 29.5 Å².